The molecule has 2 aromatic rings. The fraction of sp³-hybridized carbons (Fsp3) is 0.364. The van der Waals surface area contributed by atoms with Crippen molar-refractivity contribution in [2.24, 2.45) is 0 Å². The van der Waals surface area contributed by atoms with E-state index in [-0.39, 0.29) is 18.4 Å². The van der Waals surface area contributed by atoms with E-state index in [2.05, 4.69) is 14.9 Å². The minimum absolute atomic E-state index is 0.217. The van der Waals surface area contributed by atoms with Crippen LogP contribution in [0.1, 0.15) is 5.56 Å². The van der Waals surface area contributed by atoms with Crippen molar-refractivity contribution in [2.45, 2.75) is 0 Å². The van der Waals surface area contributed by atoms with Crippen molar-refractivity contribution >= 4 is 23.3 Å². The predicted octanol–water partition coefficient (Wildman–Crippen LogP) is 1.03. The average Bonchev–Trinajstić information content (AvgIpc) is 3.07. The van der Waals surface area contributed by atoms with Gasteiger partial charge in [0.05, 0.1) is 25.8 Å². The van der Waals surface area contributed by atoms with E-state index in [4.69, 9.17) is 9.47 Å². The zero-order valence-electron chi connectivity index (χ0n) is 17.7. The van der Waals surface area contributed by atoms with Crippen LogP contribution in [0.4, 0.5) is 5.95 Å². The minimum Gasteiger partial charge on any atom is -0.497 e. The third-order valence-corrected chi connectivity index (χ3v) is 5.47. The molecule has 2 aliphatic rings. The lowest BCUT2D eigenvalue weighted by Gasteiger charge is -2.36. The molecule has 2 amide bonds. The van der Waals surface area contributed by atoms with Crippen molar-refractivity contribution < 1.29 is 19.1 Å². The molecule has 9 heteroatoms. The molecule has 0 unspecified atom stereocenters. The number of carbonyl (C=O) groups is 2. The van der Waals surface area contributed by atoms with Crippen LogP contribution >= 0.6 is 0 Å². The van der Waals surface area contributed by atoms with Gasteiger partial charge in [0.1, 0.15) is 11.4 Å². The number of hydrogen-bond acceptors (Lipinski definition) is 8. The number of imide groups is 1. The Bertz CT molecular complexity index is 969. The van der Waals surface area contributed by atoms with E-state index in [9.17, 15) is 9.59 Å². The van der Waals surface area contributed by atoms with E-state index in [1.807, 2.05) is 17.0 Å². The zero-order chi connectivity index (χ0) is 21.8. The molecule has 0 spiro atoms. The van der Waals surface area contributed by atoms with Gasteiger partial charge >= 0.3 is 0 Å². The van der Waals surface area contributed by atoms with Gasteiger partial charge in [0.25, 0.3) is 11.8 Å². The molecule has 162 valence electrons. The van der Waals surface area contributed by atoms with Crippen LogP contribution in [-0.2, 0) is 14.3 Å². The molecular weight excluding hydrogens is 398 g/mol. The molecule has 3 heterocycles. The van der Waals surface area contributed by atoms with Crippen molar-refractivity contribution in [3.63, 3.8) is 0 Å². The smallest absolute Gasteiger partial charge is 0.277 e. The van der Waals surface area contributed by atoms with Crippen molar-refractivity contribution in [3.05, 3.63) is 54.0 Å². The first-order chi connectivity index (χ1) is 15.1. The quantitative estimate of drug-likeness (QED) is 0.611. The molecule has 1 aromatic carbocycles. The molecule has 1 saturated heterocycles. The van der Waals surface area contributed by atoms with Crippen LogP contribution < -0.4 is 9.64 Å². The van der Waals surface area contributed by atoms with Gasteiger partial charge in [-0.05, 0) is 23.8 Å². The normalized spacial score (nSPS) is 17.0. The molecule has 0 aliphatic carbocycles. The molecule has 0 saturated carbocycles. The summed E-state index contributed by atoms with van der Waals surface area (Å²) in [6.07, 6.45) is 3.43. The van der Waals surface area contributed by atoms with E-state index in [0.29, 0.717) is 61.3 Å². The van der Waals surface area contributed by atoms with Gasteiger partial charge in [0, 0.05) is 45.7 Å². The topological polar surface area (TPSA) is 88.1 Å². The standard InChI is InChI=1S/C22H25N5O4/c1-30-15-14-27-20(28)18(16-4-6-17(31-2)7-5-16)19(21(27)29)25-10-12-26(13-11-25)22-23-8-3-9-24-22/h3-9H,10-15H2,1-2H3. The first kappa shape index (κ1) is 20.8. The van der Waals surface area contributed by atoms with Gasteiger partial charge in [-0.3, -0.25) is 14.5 Å². The van der Waals surface area contributed by atoms with Gasteiger partial charge in [0.2, 0.25) is 5.95 Å². The predicted molar refractivity (Wildman–Crippen MR) is 114 cm³/mol. The number of benzene rings is 1. The summed E-state index contributed by atoms with van der Waals surface area (Å²) in [5, 5.41) is 0. The van der Waals surface area contributed by atoms with Crippen LogP contribution in [0.2, 0.25) is 0 Å². The van der Waals surface area contributed by atoms with Crippen molar-refractivity contribution in [1.82, 2.24) is 19.8 Å². The molecule has 0 radical (unpaired) electrons. The second kappa shape index (κ2) is 9.13. The van der Waals surface area contributed by atoms with Gasteiger partial charge in [-0.2, -0.15) is 0 Å². The highest BCUT2D eigenvalue weighted by Gasteiger charge is 2.42. The highest BCUT2D eigenvalue weighted by Crippen LogP contribution is 2.33. The maximum atomic E-state index is 13.3. The lowest BCUT2D eigenvalue weighted by atomic mass is 10.0. The monoisotopic (exact) mass is 423 g/mol. The van der Waals surface area contributed by atoms with E-state index < -0.39 is 0 Å². The fourth-order valence-electron chi connectivity index (χ4n) is 3.84. The highest BCUT2D eigenvalue weighted by molar-refractivity contribution is 6.35. The number of anilines is 1. The van der Waals surface area contributed by atoms with E-state index in [1.54, 1.807) is 44.8 Å². The number of ether oxygens (including phenoxy) is 2. The first-order valence-electron chi connectivity index (χ1n) is 10.1. The van der Waals surface area contributed by atoms with Crippen LogP contribution in [0.25, 0.3) is 5.57 Å². The second-order valence-corrected chi connectivity index (χ2v) is 7.23. The number of carbonyl (C=O) groups excluding carboxylic acids is 2. The Labute approximate surface area is 180 Å². The van der Waals surface area contributed by atoms with Gasteiger partial charge in [-0.15, -0.1) is 0 Å². The number of nitrogens with zero attached hydrogens (tertiary/aromatic N) is 5. The molecule has 0 bridgehead atoms. The molecule has 0 N–H and O–H groups in total. The number of hydrogen-bond donors (Lipinski definition) is 0. The number of methoxy groups -OCH3 is 2. The van der Waals surface area contributed by atoms with Crippen LogP contribution in [0.3, 0.4) is 0 Å². The summed E-state index contributed by atoms with van der Waals surface area (Å²) in [5.74, 6) is 0.783. The minimum atomic E-state index is -0.295. The van der Waals surface area contributed by atoms with Crippen molar-refractivity contribution in [1.29, 1.82) is 0 Å². The molecule has 1 aromatic heterocycles. The maximum Gasteiger partial charge on any atom is 0.277 e. The van der Waals surface area contributed by atoms with Crippen LogP contribution in [0.5, 0.6) is 5.75 Å². The Hall–Kier alpha value is -3.46. The van der Waals surface area contributed by atoms with Crippen LogP contribution in [-0.4, -0.2) is 85.1 Å². The van der Waals surface area contributed by atoms with Gasteiger partial charge in [0.15, 0.2) is 0 Å². The molecule has 4 rings (SSSR count). The van der Waals surface area contributed by atoms with Gasteiger partial charge in [-0.25, -0.2) is 9.97 Å². The Morgan fingerprint density at radius 2 is 1.55 bits per heavy atom. The number of aromatic nitrogens is 2. The first-order valence-corrected chi connectivity index (χ1v) is 10.1. The van der Waals surface area contributed by atoms with E-state index >= 15 is 0 Å². The fourth-order valence-corrected chi connectivity index (χ4v) is 3.84. The Balaban J connectivity index is 1.62. The van der Waals surface area contributed by atoms with Crippen LogP contribution in [0, 0.1) is 0 Å². The van der Waals surface area contributed by atoms with E-state index in [1.165, 1.54) is 4.90 Å². The largest absolute Gasteiger partial charge is 0.497 e. The summed E-state index contributed by atoms with van der Waals surface area (Å²) < 4.78 is 10.3. The van der Waals surface area contributed by atoms with E-state index in [0.717, 1.165) is 0 Å². The SMILES string of the molecule is COCCN1C(=O)C(c2ccc(OC)cc2)=C(N2CCN(c3ncccn3)CC2)C1=O. The Kier molecular flexibility index (Phi) is 6.13. The number of amides is 2. The second-order valence-electron chi connectivity index (χ2n) is 7.23. The Morgan fingerprint density at radius 3 is 2.16 bits per heavy atom. The Morgan fingerprint density at radius 1 is 0.903 bits per heavy atom. The summed E-state index contributed by atoms with van der Waals surface area (Å²) in [4.78, 5) is 40.4. The van der Waals surface area contributed by atoms with Crippen molar-refractivity contribution in [2.75, 3.05) is 58.5 Å². The lowest BCUT2D eigenvalue weighted by molar-refractivity contribution is -0.138. The summed E-state index contributed by atoms with van der Waals surface area (Å²) >= 11 is 0. The maximum absolute atomic E-state index is 13.3. The van der Waals surface area contributed by atoms with Crippen molar-refractivity contribution in [3.8, 4) is 5.75 Å². The molecule has 9 nitrogen and oxygen atoms in total. The highest BCUT2D eigenvalue weighted by atomic mass is 16.5. The molecular formula is C22H25N5O4. The average molecular weight is 423 g/mol. The van der Waals surface area contributed by atoms with Gasteiger partial charge < -0.3 is 19.3 Å². The lowest BCUT2D eigenvalue weighted by Crippen LogP contribution is -2.48. The summed E-state index contributed by atoms with van der Waals surface area (Å²) in [5.41, 5.74) is 1.57. The summed E-state index contributed by atoms with van der Waals surface area (Å²) in [6, 6.07) is 8.99. The number of piperazine rings is 1. The number of rotatable bonds is 7. The third kappa shape index (κ3) is 4.09. The molecule has 0 atom stereocenters. The molecule has 31 heavy (non-hydrogen) atoms. The molecule has 2 aliphatic heterocycles. The summed E-state index contributed by atoms with van der Waals surface area (Å²) in [7, 11) is 3.14. The molecule has 1 fully saturated rings. The van der Waals surface area contributed by atoms with Crippen LogP contribution in [0.15, 0.2) is 48.4 Å². The van der Waals surface area contributed by atoms with Gasteiger partial charge in [-0.1, -0.05) is 12.1 Å². The third-order valence-electron chi connectivity index (χ3n) is 5.47. The summed E-state index contributed by atoms with van der Waals surface area (Å²) in [6.45, 7) is 3.00. The zero-order valence-corrected chi connectivity index (χ0v) is 17.7.